The molecule has 0 unspecified atom stereocenters. The monoisotopic (exact) mass is 479 g/mol. The van der Waals surface area contributed by atoms with E-state index in [-0.39, 0.29) is 10.6 Å². The summed E-state index contributed by atoms with van der Waals surface area (Å²) in [6.45, 7) is 4.02. The summed E-state index contributed by atoms with van der Waals surface area (Å²) in [6, 6.07) is 16.7. The van der Waals surface area contributed by atoms with Crippen molar-refractivity contribution in [1.82, 2.24) is 0 Å². The molecule has 30 heavy (non-hydrogen) atoms. The molecule has 0 bridgehead atoms. The topological polar surface area (TPSA) is 70.2 Å². The number of thiocarbonyl (C=S) groups is 1. The molecule has 0 fully saturated rings. The number of hydrogen-bond donors (Lipinski definition) is 3. The van der Waals surface area contributed by atoms with E-state index < -0.39 is 10.0 Å². The number of sulfonamides is 1. The second kappa shape index (κ2) is 9.22. The fourth-order valence-electron chi connectivity index (χ4n) is 2.78. The first kappa shape index (κ1) is 22.4. The predicted octanol–water partition coefficient (Wildman–Crippen LogP) is 6.22. The summed E-state index contributed by atoms with van der Waals surface area (Å²) in [5.74, 6) is 0. The molecule has 3 aromatic carbocycles. The molecule has 0 heterocycles. The van der Waals surface area contributed by atoms with Gasteiger partial charge in [0, 0.05) is 21.4 Å². The highest BCUT2D eigenvalue weighted by molar-refractivity contribution is 7.92. The Morgan fingerprint density at radius 3 is 2.07 bits per heavy atom. The molecule has 9 heteroatoms. The van der Waals surface area contributed by atoms with E-state index in [4.69, 9.17) is 35.4 Å². The SMILES string of the molecule is Cc1ccc(NC(=S)Nc2ccc(S(=O)(=O)Nc3cc(Cl)cc(Cl)c3)cc2)c(C)c1. The zero-order chi connectivity index (χ0) is 21.9. The van der Waals surface area contributed by atoms with Crippen LogP contribution in [0.2, 0.25) is 10.0 Å². The van der Waals surface area contributed by atoms with E-state index in [2.05, 4.69) is 21.4 Å². The Morgan fingerprint density at radius 2 is 1.47 bits per heavy atom. The average Bonchev–Trinajstić information content (AvgIpc) is 2.63. The quantitative estimate of drug-likeness (QED) is 0.378. The average molecular weight is 480 g/mol. The third-order valence-corrected chi connectivity index (χ3v) is 6.21. The van der Waals surface area contributed by atoms with E-state index in [9.17, 15) is 8.42 Å². The van der Waals surface area contributed by atoms with Gasteiger partial charge in [0.05, 0.1) is 10.6 Å². The first-order valence-corrected chi connectivity index (χ1v) is 11.5. The Morgan fingerprint density at radius 1 is 0.833 bits per heavy atom. The van der Waals surface area contributed by atoms with Crippen molar-refractivity contribution in [3.8, 4) is 0 Å². The Bertz CT molecular complexity index is 1180. The number of hydrogen-bond acceptors (Lipinski definition) is 3. The smallest absolute Gasteiger partial charge is 0.261 e. The van der Waals surface area contributed by atoms with Gasteiger partial charge in [-0.2, -0.15) is 0 Å². The van der Waals surface area contributed by atoms with Gasteiger partial charge in [0.1, 0.15) is 0 Å². The molecular weight excluding hydrogens is 461 g/mol. The number of anilines is 3. The summed E-state index contributed by atoms with van der Waals surface area (Å²) in [5.41, 5.74) is 4.09. The minimum atomic E-state index is -3.79. The van der Waals surface area contributed by atoms with E-state index >= 15 is 0 Å². The Labute approximate surface area is 191 Å². The lowest BCUT2D eigenvalue weighted by Gasteiger charge is -2.14. The molecule has 0 saturated heterocycles. The van der Waals surface area contributed by atoms with Gasteiger partial charge in [-0.25, -0.2) is 8.42 Å². The van der Waals surface area contributed by atoms with E-state index in [1.807, 2.05) is 26.0 Å². The lowest BCUT2D eigenvalue weighted by molar-refractivity contribution is 0.601. The van der Waals surface area contributed by atoms with Crippen molar-refractivity contribution in [2.24, 2.45) is 0 Å². The van der Waals surface area contributed by atoms with Crippen LogP contribution in [0.1, 0.15) is 11.1 Å². The van der Waals surface area contributed by atoms with Gasteiger partial charge in [-0.3, -0.25) is 4.72 Å². The van der Waals surface area contributed by atoms with Crippen LogP contribution in [-0.2, 0) is 10.0 Å². The van der Waals surface area contributed by atoms with E-state index in [1.165, 1.54) is 35.9 Å². The van der Waals surface area contributed by atoms with Crippen LogP contribution in [0.15, 0.2) is 65.6 Å². The predicted molar refractivity (Wildman–Crippen MR) is 129 cm³/mol. The van der Waals surface area contributed by atoms with Gasteiger partial charge in [-0.15, -0.1) is 0 Å². The molecule has 0 atom stereocenters. The normalized spacial score (nSPS) is 11.1. The third kappa shape index (κ3) is 5.86. The first-order chi connectivity index (χ1) is 14.1. The fourth-order valence-corrected chi connectivity index (χ4v) is 4.58. The standard InChI is InChI=1S/C21H19Cl2N3O2S2/c1-13-3-8-20(14(2)9-13)25-21(29)24-17-4-6-19(7-5-17)30(27,28)26-18-11-15(22)10-16(23)12-18/h3-12,26H,1-2H3,(H2,24,25,29). The highest BCUT2D eigenvalue weighted by Crippen LogP contribution is 2.25. The van der Waals surface area contributed by atoms with Crippen LogP contribution < -0.4 is 15.4 Å². The van der Waals surface area contributed by atoms with Crippen LogP contribution in [0.5, 0.6) is 0 Å². The fraction of sp³-hybridized carbons (Fsp3) is 0.0952. The molecule has 0 aromatic heterocycles. The summed E-state index contributed by atoms with van der Waals surface area (Å²) >= 11 is 17.2. The zero-order valence-corrected chi connectivity index (χ0v) is 19.3. The van der Waals surface area contributed by atoms with Crippen molar-refractivity contribution in [3.63, 3.8) is 0 Å². The van der Waals surface area contributed by atoms with Crippen molar-refractivity contribution < 1.29 is 8.42 Å². The van der Waals surface area contributed by atoms with Gasteiger partial charge in [0.25, 0.3) is 10.0 Å². The summed E-state index contributed by atoms with van der Waals surface area (Å²) in [7, 11) is -3.79. The van der Waals surface area contributed by atoms with Crippen LogP contribution in [-0.4, -0.2) is 13.5 Å². The molecule has 3 aromatic rings. The number of halogens is 2. The highest BCUT2D eigenvalue weighted by Gasteiger charge is 2.15. The zero-order valence-electron chi connectivity index (χ0n) is 16.2. The number of rotatable bonds is 5. The number of aryl methyl sites for hydroxylation is 2. The second-order valence-electron chi connectivity index (χ2n) is 6.69. The van der Waals surface area contributed by atoms with Gasteiger partial charge in [-0.1, -0.05) is 40.9 Å². The maximum absolute atomic E-state index is 12.6. The van der Waals surface area contributed by atoms with Gasteiger partial charge >= 0.3 is 0 Å². The van der Waals surface area contributed by atoms with E-state index in [1.54, 1.807) is 12.1 Å². The van der Waals surface area contributed by atoms with Gasteiger partial charge in [0.2, 0.25) is 0 Å². The van der Waals surface area contributed by atoms with Crippen molar-refractivity contribution in [1.29, 1.82) is 0 Å². The first-order valence-electron chi connectivity index (χ1n) is 8.87. The van der Waals surface area contributed by atoms with E-state index in [0.29, 0.717) is 20.8 Å². The molecular formula is C21H19Cl2N3O2S2. The molecule has 0 amide bonds. The molecule has 3 rings (SSSR count). The lowest BCUT2D eigenvalue weighted by atomic mass is 10.1. The summed E-state index contributed by atoms with van der Waals surface area (Å²) < 4.78 is 27.7. The Hall–Kier alpha value is -2.32. The number of nitrogens with one attached hydrogen (secondary N) is 3. The highest BCUT2D eigenvalue weighted by atomic mass is 35.5. The van der Waals surface area contributed by atoms with Crippen molar-refractivity contribution in [2.45, 2.75) is 18.7 Å². The maximum Gasteiger partial charge on any atom is 0.261 e. The minimum absolute atomic E-state index is 0.0948. The minimum Gasteiger partial charge on any atom is -0.332 e. The second-order valence-corrected chi connectivity index (χ2v) is 9.65. The Balaban J connectivity index is 1.68. The largest absolute Gasteiger partial charge is 0.332 e. The molecule has 156 valence electrons. The van der Waals surface area contributed by atoms with Crippen LogP contribution in [0.25, 0.3) is 0 Å². The molecule has 0 radical (unpaired) electrons. The number of benzene rings is 3. The lowest BCUT2D eigenvalue weighted by Crippen LogP contribution is -2.19. The third-order valence-electron chi connectivity index (χ3n) is 4.17. The van der Waals surface area contributed by atoms with Crippen molar-refractivity contribution >= 4 is 67.6 Å². The summed E-state index contributed by atoms with van der Waals surface area (Å²) in [5, 5.41) is 7.27. The van der Waals surface area contributed by atoms with E-state index in [0.717, 1.165) is 11.3 Å². The summed E-state index contributed by atoms with van der Waals surface area (Å²) in [6.07, 6.45) is 0. The molecule has 0 aliphatic carbocycles. The van der Waals surface area contributed by atoms with Gasteiger partial charge < -0.3 is 10.6 Å². The van der Waals surface area contributed by atoms with Crippen LogP contribution in [0.3, 0.4) is 0 Å². The van der Waals surface area contributed by atoms with Gasteiger partial charge in [-0.05, 0) is 80.2 Å². The Kier molecular flexibility index (Phi) is 6.88. The molecule has 5 nitrogen and oxygen atoms in total. The van der Waals surface area contributed by atoms with Gasteiger partial charge in [0.15, 0.2) is 5.11 Å². The van der Waals surface area contributed by atoms with Crippen molar-refractivity contribution in [2.75, 3.05) is 15.4 Å². The molecule has 0 aliphatic rings. The van der Waals surface area contributed by atoms with Crippen LogP contribution in [0, 0.1) is 13.8 Å². The molecule has 0 spiro atoms. The molecule has 0 saturated carbocycles. The maximum atomic E-state index is 12.6. The summed E-state index contributed by atoms with van der Waals surface area (Å²) in [4.78, 5) is 0.0948. The molecule has 3 N–H and O–H groups in total. The van der Waals surface area contributed by atoms with Crippen LogP contribution >= 0.6 is 35.4 Å². The van der Waals surface area contributed by atoms with Crippen molar-refractivity contribution in [3.05, 3.63) is 81.8 Å². The van der Waals surface area contributed by atoms with Crippen LogP contribution in [0.4, 0.5) is 17.1 Å². The molecule has 0 aliphatic heterocycles.